The maximum atomic E-state index is 12.6. The monoisotopic (exact) mass is 325 g/mol. The number of sulfonamides is 1. The lowest BCUT2D eigenvalue weighted by Gasteiger charge is -2.17. The number of benzene rings is 1. The van der Waals surface area contributed by atoms with E-state index < -0.39 is 33.7 Å². The average Bonchev–Trinajstić information content (AvgIpc) is 2.84. The molecule has 1 fully saturated rings. The Bertz CT molecular complexity index is 680. The lowest BCUT2D eigenvalue weighted by Crippen LogP contribution is -2.33. The molecule has 1 aromatic carbocycles. The number of nitrogens with zero attached hydrogens (tertiary/aromatic N) is 1. The summed E-state index contributed by atoms with van der Waals surface area (Å²) in [6.07, 6.45) is 0.387. The zero-order valence-corrected chi connectivity index (χ0v) is 13.6. The highest BCUT2D eigenvalue weighted by Crippen LogP contribution is 2.32. The van der Waals surface area contributed by atoms with Crippen LogP contribution in [-0.2, 0) is 24.3 Å². The number of amides is 1. The van der Waals surface area contributed by atoms with Crippen LogP contribution in [0.25, 0.3) is 0 Å². The Labute approximate surface area is 130 Å². The van der Waals surface area contributed by atoms with Gasteiger partial charge < -0.3 is 4.74 Å². The van der Waals surface area contributed by atoms with Crippen LogP contribution in [0.5, 0.6) is 0 Å². The molecule has 22 heavy (non-hydrogen) atoms. The summed E-state index contributed by atoms with van der Waals surface area (Å²) in [5, 5.41) is 0. The highest BCUT2D eigenvalue weighted by molar-refractivity contribution is 7.89. The van der Waals surface area contributed by atoms with E-state index in [2.05, 4.69) is 4.74 Å². The summed E-state index contributed by atoms with van der Waals surface area (Å²) in [5.74, 6) is -2.50. The summed E-state index contributed by atoms with van der Waals surface area (Å²) < 4.78 is 30.7. The first kappa shape index (κ1) is 16.5. The van der Waals surface area contributed by atoms with Gasteiger partial charge in [-0.15, -0.1) is 0 Å². The Balaban J connectivity index is 2.37. The molecule has 2 rings (SSSR count). The van der Waals surface area contributed by atoms with Crippen molar-refractivity contribution in [2.75, 3.05) is 13.7 Å². The van der Waals surface area contributed by atoms with Gasteiger partial charge in [0.15, 0.2) is 0 Å². The van der Waals surface area contributed by atoms with Crippen LogP contribution in [0, 0.1) is 18.8 Å². The van der Waals surface area contributed by atoms with Crippen LogP contribution in [0.1, 0.15) is 18.9 Å². The summed E-state index contributed by atoms with van der Waals surface area (Å²) in [7, 11) is -2.71. The number of hydrogen-bond acceptors (Lipinski definition) is 5. The van der Waals surface area contributed by atoms with E-state index in [1.165, 1.54) is 19.2 Å². The third kappa shape index (κ3) is 2.72. The van der Waals surface area contributed by atoms with Crippen LogP contribution in [0.2, 0.25) is 0 Å². The van der Waals surface area contributed by atoms with Gasteiger partial charge in [0.25, 0.3) is 10.0 Å². The Morgan fingerprint density at radius 2 is 1.91 bits per heavy atom. The number of methoxy groups -OCH3 is 1. The molecule has 0 spiro atoms. The molecule has 1 amide bonds. The zero-order valence-electron chi connectivity index (χ0n) is 12.8. The SMILES string of the molecule is CCC1C(=O)N(S(=O)(=O)c2ccc(C)cc2)CC1C(=O)OC. The Kier molecular flexibility index (Phi) is 4.55. The van der Waals surface area contributed by atoms with E-state index in [-0.39, 0.29) is 11.4 Å². The molecule has 2 unspecified atom stereocenters. The van der Waals surface area contributed by atoms with E-state index in [9.17, 15) is 18.0 Å². The number of carbonyl (C=O) groups is 2. The minimum absolute atomic E-state index is 0.0480. The molecule has 0 aliphatic carbocycles. The number of aryl methyl sites for hydroxylation is 1. The number of esters is 1. The van der Waals surface area contributed by atoms with Crippen molar-refractivity contribution in [3.8, 4) is 0 Å². The molecule has 1 saturated heterocycles. The summed E-state index contributed by atoms with van der Waals surface area (Å²) in [6.45, 7) is 3.43. The quantitative estimate of drug-likeness (QED) is 0.780. The van der Waals surface area contributed by atoms with E-state index in [0.29, 0.717) is 6.42 Å². The van der Waals surface area contributed by atoms with Gasteiger partial charge in [-0.1, -0.05) is 24.6 Å². The number of hydrogen-bond donors (Lipinski definition) is 0. The molecule has 120 valence electrons. The molecular formula is C15H19NO5S. The van der Waals surface area contributed by atoms with Crippen molar-refractivity contribution in [2.24, 2.45) is 11.8 Å². The van der Waals surface area contributed by atoms with E-state index in [4.69, 9.17) is 0 Å². The third-order valence-corrected chi connectivity index (χ3v) is 5.74. The number of carbonyl (C=O) groups excluding carboxylic acids is 2. The largest absolute Gasteiger partial charge is 0.469 e. The highest BCUT2D eigenvalue weighted by atomic mass is 32.2. The molecule has 1 aliphatic heterocycles. The fraction of sp³-hybridized carbons (Fsp3) is 0.467. The highest BCUT2D eigenvalue weighted by Gasteiger charge is 2.48. The van der Waals surface area contributed by atoms with Crippen LogP contribution in [0.3, 0.4) is 0 Å². The van der Waals surface area contributed by atoms with Crippen molar-refractivity contribution in [3.63, 3.8) is 0 Å². The second-order valence-electron chi connectivity index (χ2n) is 5.33. The first-order valence-corrected chi connectivity index (χ1v) is 8.48. The standard InChI is InChI=1S/C15H19NO5S/c1-4-12-13(15(18)21-3)9-16(14(12)17)22(19,20)11-7-5-10(2)6-8-11/h5-8,12-13H,4,9H2,1-3H3. The Morgan fingerprint density at radius 1 is 1.32 bits per heavy atom. The zero-order chi connectivity index (χ0) is 16.5. The first-order valence-electron chi connectivity index (χ1n) is 7.04. The lowest BCUT2D eigenvalue weighted by molar-refractivity contribution is -0.147. The maximum Gasteiger partial charge on any atom is 0.311 e. The number of ether oxygens (including phenoxy) is 1. The molecule has 6 nitrogen and oxygen atoms in total. The molecule has 7 heteroatoms. The van der Waals surface area contributed by atoms with Gasteiger partial charge in [-0.2, -0.15) is 0 Å². The van der Waals surface area contributed by atoms with Crippen LogP contribution < -0.4 is 0 Å². The Hall–Kier alpha value is -1.89. The minimum atomic E-state index is -3.95. The van der Waals surface area contributed by atoms with Gasteiger partial charge >= 0.3 is 5.97 Å². The molecule has 0 aromatic heterocycles. The summed E-state index contributed by atoms with van der Waals surface area (Å²) in [4.78, 5) is 24.2. The van der Waals surface area contributed by atoms with E-state index in [0.717, 1.165) is 9.87 Å². The van der Waals surface area contributed by atoms with Crippen molar-refractivity contribution >= 4 is 21.9 Å². The summed E-state index contributed by atoms with van der Waals surface area (Å²) in [6, 6.07) is 6.26. The van der Waals surface area contributed by atoms with E-state index >= 15 is 0 Å². The molecule has 0 saturated carbocycles. The predicted molar refractivity (Wildman–Crippen MR) is 79.4 cm³/mol. The van der Waals surface area contributed by atoms with Gasteiger partial charge in [0.2, 0.25) is 5.91 Å². The smallest absolute Gasteiger partial charge is 0.311 e. The summed E-state index contributed by atoms with van der Waals surface area (Å²) >= 11 is 0. The molecule has 2 atom stereocenters. The Morgan fingerprint density at radius 3 is 2.41 bits per heavy atom. The molecular weight excluding hydrogens is 306 g/mol. The van der Waals surface area contributed by atoms with Crippen molar-refractivity contribution in [2.45, 2.75) is 25.2 Å². The lowest BCUT2D eigenvalue weighted by atomic mass is 9.93. The molecule has 1 heterocycles. The van der Waals surface area contributed by atoms with Crippen LogP contribution in [0.15, 0.2) is 29.2 Å². The van der Waals surface area contributed by atoms with Crippen molar-refractivity contribution < 1.29 is 22.7 Å². The topological polar surface area (TPSA) is 80.8 Å². The average molecular weight is 325 g/mol. The molecule has 0 N–H and O–H groups in total. The van der Waals surface area contributed by atoms with Crippen LogP contribution >= 0.6 is 0 Å². The molecule has 0 bridgehead atoms. The predicted octanol–water partition coefficient (Wildman–Crippen LogP) is 1.34. The van der Waals surface area contributed by atoms with Crippen molar-refractivity contribution in [3.05, 3.63) is 29.8 Å². The van der Waals surface area contributed by atoms with Gasteiger partial charge in [-0.05, 0) is 25.5 Å². The molecule has 1 aromatic rings. The minimum Gasteiger partial charge on any atom is -0.469 e. The molecule has 1 aliphatic rings. The number of rotatable bonds is 4. The third-order valence-electron chi connectivity index (χ3n) is 3.96. The van der Waals surface area contributed by atoms with Gasteiger partial charge in [-0.25, -0.2) is 12.7 Å². The van der Waals surface area contributed by atoms with Gasteiger partial charge in [0.1, 0.15) is 0 Å². The fourth-order valence-electron chi connectivity index (χ4n) is 2.66. The van der Waals surface area contributed by atoms with E-state index in [1.54, 1.807) is 19.1 Å². The van der Waals surface area contributed by atoms with Crippen molar-refractivity contribution in [1.82, 2.24) is 4.31 Å². The van der Waals surface area contributed by atoms with Crippen LogP contribution in [0.4, 0.5) is 0 Å². The second-order valence-corrected chi connectivity index (χ2v) is 7.19. The maximum absolute atomic E-state index is 12.6. The van der Waals surface area contributed by atoms with E-state index in [1.807, 2.05) is 6.92 Å². The fourth-order valence-corrected chi connectivity index (χ4v) is 4.12. The van der Waals surface area contributed by atoms with Crippen molar-refractivity contribution in [1.29, 1.82) is 0 Å². The molecule has 0 radical (unpaired) electrons. The first-order chi connectivity index (χ1) is 10.3. The van der Waals surface area contributed by atoms with Gasteiger partial charge in [0.05, 0.1) is 30.4 Å². The van der Waals surface area contributed by atoms with Gasteiger partial charge in [0, 0.05) is 0 Å². The van der Waals surface area contributed by atoms with Crippen LogP contribution in [-0.4, -0.2) is 38.3 Å². The normalized spacial score (nSPS) is 22.0. The van der Waals surface area contributed by atoms with Gasteiger partial charge in [-0.3, -0.25) is 9.59 Å². The second kappa shape index (κ2) is 6.08. The summed E-state index contributed by atoms with van der Waals surface area (Å²) in [5.41, 5.74) is 0.922.